The van der Waals surface area contributed by atoms with Crippen molar-refractivity contribution in [1.82, 2.24) is 4.90 Å². The Morgan fingerprint density at radius 3 is 2.45 bits per heavy atom. The summed E-state index contributed by atoms with van der Waals surface area (Å²) in [6.07, 6.45) is 5.14. The van der Waals surface area contributed by atoms with Gasteiger partial charge in [0.25, 0.3) is 0 Å². The van der Waals surface area contributed by atoms with Crippen molar-refractivity contribution in [3.05, 3.63) is 25.3 Å². The highest BCUT2D eigenvalue weighted by Crippen LogP contribution is 2.14. The third-order valence-corrected chi connectivity index (χ3v) is 1.95. The Balaban J connectivity index is 2.63. The molecule has 2 heteroatoms. The smallest absolute Gasteiger partial charge is 0.223 e. The molecule has 0 aromatic heterocycles. The molecule has 0 spiro atoms. The van der Waals surface area contributed by atoms with E-state index < -0.39 is 0 Å². The van der Waals surface area contributed by atoms with E-state index >= 15 is 0 Å². The van der Waals surface area contributed by atoms with Gasteiger partial charge in [-0.3, -0.25) is 4.79 Å². The van der Waals surface area contributed by atoms with Crippen LogP contribution < -0.4 is 0 Å². The molecule has 0 unspecified atom stereocenters. The van der Waals surface area contributed by atoms with Crippen molar-refractivity contribution >= 4 is 5.91 Å². The number of carbonyl (C=O) groups excluding carboxylic acids is 1. The van der Waals surface area contributed by atoms with Crippen LogP contribution in [0.25, 0.3) is 0 Å². The van der Waals surface area contributed by atoms with E-state index in [2.05, 4.69) is 13.2 Å². The second-order valence-corrected chi connectivity index (χ2v) is 2.65. The monoisotopic (exact) mass is 151 g/mol. The normalized spacial score (nSPS) is 17.5. The van der Waals surface area contributed by atoms with E-state index in [-0.39, 0.29) is 11.9 Å². The topological polar surface area (TPSA) is 20.3 Å². The fraction of sp³-hybridized carbons (Fsp3) is 0.444. The summed E-state index contributed by atoms with van der Waals surface area (Å²) in [4.78, 5) is 13.0. The second kappa shape index (κ2) is 3.37. The van der Waals surface area contributed by atoms with E-state index in [1.165, 1.54) is 0 Å². The molecule has 1 aliphatic heterocycles. The molecule has 1 fully saturated rings. The minimum absolute atomic E-state index is 0.0324. The number of likely N-dealkylation sites (tertiary alicyclic amines) is 1. The van der Waals surface area contributed by atoms with Gasteiger partial charge in [0.2, 0.25) is 5.91 Å². The van der Waals surface area contributed by atoms with Crippen LogP contribution in [-0.4, -0.2) is 23.4 Å². The largest absolute Gasteiger partial charge is 0.333 e. The molecular weight excluding hydrogens is 138 g/mol. The van der Waals surface area contributed by atoms with Crippen LogP contribution in [0.3, 0.4) is 0 Å². The number of hydrogen-bond donors (Lipinski definition) is 0. The molecular formula is C9H13NO. The predicted molar refractivity (Wildman–Crippen MR) is 45.1 cm³/mol. The van der Waals surface area contributed by atoms with Crippen LogP contribution in [-0.2, 0) is 4.79 Å². The average molecular weight is 151 g/mol. The molecule has 0 aliphatic carbocycles. The summed E-state index contributed by atoms with van der Waals surface area (Å²) in [7, 11) is 0. The van der Waals surface area contributed by atoms with Crippen molar-refractivity contribution < 1.29 is 4.79 Å². The Labute approximate surface area is 67.2 Å². The van der Waals surface area contributed by atoms with Gasteiger partial charge in [-0.1, -0.05) is 12.2 Å². The standard InChI is InChI=1S/C9H13NO/c1-3-8(4-2)10-7-5-6-9(10)11/h3-4,8H,1-2,5-7H2. The molecule has 2 nitrogen and oxygen atoms in total. The highest BCUT2D eigenvalue weighted by molar-refractivity contribution is 5.78. The minimum Gasteiger partial charge on any atom is -0.333 e. The predicted octanol–water partition coefficient (Wildman–Crippen LogP) is 1.35. The third kappa shape index (κ3) is 1.50. The first kappa shape index (κ1) is 8.05. The molecule has 1 aliphatic rings. The van der Waals surface area contributed by atoms with Gasteiger partial charge in [0.05, 0.1) is 6.04 Å². The van der Waals surface area contributed by atoms with E-state index in [1.54, 1.807) is 17.1 Å². The first-order valence-electron chi connectivity index (χ1n) is 3.84. The van der Waals surface area contributed by atoms with Gasteiger partial charge >= 0.3 is 0 Å². The maximum absolute atomic E-state index is 11.2. The van der Waals surface area contributed by atoms with Crippen LogP contribution >= 0.6 is 0 Å². The van der Waals surface area contributed by atoms with Gasteiger partial charge in [0, 0.05) is 13.0 Å². The minimum atomic E-state index is 0.0324. The molecule has 11 heavy (non-hydrogen) atoms. The molecule has 0 radical (unpaired) electrons. The molecule has 0 N–H and O–H groups in total. The summed E-state index contributed by atoms with van der Waals surface area (Å²) >= 11 is 0. The maximum atomic E-state index is 11.2. The van der Waals surface area contributed by atoms with Gasteiger partial charge in [-0.15, -0.1) is 13.2 Å². The lowest BCUT2D eigenvalue weighted by molar-refractivity contribution is -0.128. The summed E-state index contributed by atoms with van der Waals surface area (Å²) in [5.74, 6) is 0.217. The van der Waals surface area contributed by atoms with Gasteiger partial charge in [-0.2, -0.15) is 0 Å². The van der Waals surface area contributed by atoms with Crippen LogP contribution in [0.5, 0.6) is 0 Å². The van der Waals surface area contributed by atoms with Crippen molar-refractivity contribution in [3.63, 3.8) is 0 Å². The molecule has 0 aromatic carbocycles. The number of nitrogens with zero attached hydrogens (tertiary/aromatic N) is 1. The molecule has 1 saturated heterocycles. The molecule has 0 saturated carbocycles. The summed E-state index contributed by atoms with van der Waals surface area (Å²) in [6, 6.07) is 0.0324. The highest BCUT2D eigenvalue weighted by Gasteiger charge is 2.23. The number of rotatable bonds is 3. The van der Waals surface area contributed by atoms with Crippen molar-refractivity contribution in [3.8, 4) is 0 Å². The molecule has 1 heterocycles. The number of hydrogen-bond acceptors (Lipinski definition) is 1. The summed E-state index contributed by atoms with van der Waals surface area (Å²) in [6.45, 7) is 8.14. The molecule has 0 aromatic rings. The van der Waals surface area contributed by atoms with E-state index in [9.17, 15) is 4.79 Å². The zero-order valence-corrected chi connectivity index (χ0v) is 6.62. The quantitative estimate of drug-likeness (QED) is 0.557. The number of amides is 1. The second-order valence-electron chi connectivity index (χ2n) is 2.65. The van der Waals surface area contributed by atoms with Crippen molar-refractivity contribution in [2.45, 2.75) is 18.9 Å². The van der Waals surface area contributed by atoms with Gasteiger partial charge in [-0.05, 0) is 6.42 Å². The molecule has 0 bridgehead atoms. The lowest BCUT2D eigenvalue weighted by atomic mass is 10.2. The SMILES string of the molecule is C=CC(C=C)N1CCCC1=O. The van der Waals surface area contributed by atoms with Crippen LogP contribution in [0.1, 0.15) is 12.8 Å². The summed E-state index contributed by atoms with van der Waals surface area (Å²) in [5.41, 5.74) is 0. The Morgan fingerprint density at radius 2 is 2.09 bits per heavy atom. The Bertz CT molecular complexity index is 178. The first-order chi connectivity index (χ1) is 5.29. The van der Waals surface area contributed by atoms with E-state index in [0.717, 1.165) is 13.0 Å². The first-order valence-corrected chi connectivity index (χ1v) is 3.84. The van der Waals surface area contributed by atoms with Gasteiger partial charge in [0.1, 0.15) is 0 Å². The zero-order chi connectivity index (χ0) is 8.27. The van der Waals surface area contributed by atoms with Gasteiger partial charge < -0.3 is 4.90 Å². The van der Waals surface area contributed by atoms with Crippen LogP contribution in [0.15, 0.2) is 25.3 Å². The van der Waals surface area contributed by atoms with Gasteiger partial charge in [-0.25, -0.2) is 0 Å². The average Bonchev–Trinajstić information content (AvgIpc) is 2.40. The summed E-state index contributed by atoms with van der Waals surface area (Å²) < 4.78 is 0. The van der Waals surface area contributed by atoms with E-state index in [4.69, 9.17) is 0 Å². The lowest BCUT2D eigenvalue weighted by Gasteiger charge is -2.21. The van der Waals surface area contributed by atoms with Crippen LogP contribution in [0.2, 0.25) is 0 Å². The molecule has 1 rings (SSSR count). The summed E-state index contributed by atoms with van der Waals surface area (Å²) in [5, 5.41) is 0. The van der Waals surface area contributed by atoms with Crippen molar-refractivity contribution in [1.29, 1.82) is 0 Å². The fourth-order valence-corrected chi connectivity index (χ4v) is 1.33. The Kier molecular flexibility index (Phi) is 2.47. The van der Waals surface area contributed by atoms with Crippen molar-refractivity contribution in [2.75, 3.05) is 6.54 Å². The Hall–Kier alpha value is -1.05. The van der Waals surface area contributed by atoms with E-state index in [0.29, 0.717) is 6.42 Å². The molecule has 60 valence electrons. The molecule has 0 atom stereocenters. The molecule has 1 amide bonds. The third-order valence-electron chi connectivity index (χ3n) is 1.95. The number of carbonyl (C=O) groups is 1. The van der Waals surface area contributed by atoms with Crippen molar-refractivity contribution in [2.24, 2.45) is 0 Å². The van der Waals surface area contributed by atoms with Crippen LogP contribution in [0.4, 0.5) is 0 Å². The van der Waals surface area contributed by atoms with Crippen LogP contribution in [0, 0.1) is 0 Å². The van der Waals surface area contributed by atoms with E-state index in [1.807, 2.05) is 0 Å². The fourth-order valence-electron chi connectivity index (χ4n) is 1.33. The zero-order valence-electron chi connectivity index (χ0n) is 6.62. The lowest BCUT2D eigenvalue weighted by Crippen LogP contribution is -2.32. The van der Waals surface area contributed by atoms with Gasteiger partial charge in [0.15, 0.2) is 0 Å². The maximum Gasteiger partial charge on any atom is 0.223 e. The Morgan fingerprint density at radius 1 is 1.45 bits per heavy atom. The highest BCUT2D eigenvalue weighted by atomic mass is 16.2.